The normalized spacial score (nSPS) is 16.7. The van der Waals surface area contributed by atoms with E-state index in [1.165, 1.54) is 5.56 Å². The van der Waals surface area contributed by atoms with Gasteiger partial charge in [-0.2, -0.15) is 5.26 Å². The molecule has 0 spiro atoms. The first kappa shape index (κ1) is 22.6. The van der Waals surface area contributed by atoms with Crippen molar-refractivity contribution in [2.45, 2.75) is 31.7 Å². The Bertz CT molecular complexity index is 1150. The number of aliphatic carboxylic acids is 1. The fourth-order valence-electron chi connectivity index (χ4n) is 4.64. The van der Waals surface area contributed by atoms with E-state index in [9.17, 15) is 15.2 Å². The Morgan fingerprint density at radius 2 is 1.88 bits per heavy atom. The number of nitrogens with one attached hydrogen (secondary N) is 2. The summed E-state index contributed by atoms with van der Waals surface area (Å²) in [7, 11) is 0. The van der Waals surface area contributed by atoms with Crippen molar-refractivity contribution in [3.05, 3.63) is 101 Å². The predicted molar refractivity (Wildman–Crippen MR) is 130 cm³/mol. The van der Waals surface area contributed by atoms with Gasteiger partial charge in [-0.25, -0.2) is 0 Å². The molecule has 3 aromatic rings. The van der Waals surface area contributed by atoms with Crippen LogP contribution in [-0.2, 0) is 17.6 Å². The molecule has 1 heterocycles. The van der Waals surface area contributed by atoms with Gasteiger partial charge in [0.25, 0.3) is 0 Å². The van der Waals surface area contributed by atoms with Crippen LogP contribution in [0.25, 0.3) is 0 Å². The van der Waals surface area contributed by atoms with Crippen molar-refractivity contribution >= 4 is 11.7 Å². The van der Waals surface area contributed by atoms with Gasteiger partial charge in [0.2, 0.25) is 0 Å². The highest BCUT2D eigenvalue weighted by molar-refractivity contribution is 5.75. The van der Waals surface area contributed by atoms with Crippen molar-refractivity contribution in [3.63, 3.8) is 0 Å². The topological polar surface area (TPSA) is 85.2 Å². The van der Waals surface area contributed by atoms with Gasteiger partial charge in [-0.05, 0) is 66.6 Å². The average Bonchev–Trinajstić information content (AvgIpc) is 2.86. The Kier molecular flexibility index (Phi) is 7.07. The van der Waals surface area contributed by atoms with Crippen molar-refractivity contribution < 1.29 is 9.90 Å². The summed E-state index contributed by atoms with van der Waals surface area (Å²) in [5.74, 6) is -1.03. The lowest BCUT2D eigenvalue weighted by Gasteiger charge is -2.34. The third kappa shape index (κ3) is 5.24. The summed E-state index contributed by atoms with van der Waals surface area (Å²) in [4.78, 5) is 11.3. The SMILES string of the molecule is C[C@H](C(=O)O)c1cccc(CCN[C@H](c2ccccc2)[C@H]2CNc3cccc(C#N)c3C2)c1. The summed E-state index contributed by atoms with van der Waals surface area (Å²) in [6.45, 7) is 3.32. The van der Waals surface area contributed by atoms with E-state index in [0.717, 1.165) is 53.9 Å². The molecule has 5 nitrogen and oxygen atoms in total. The molecule has 5 heteroatoms. The van der Waals surface area contributed by atoms with Gasteiger partial charge < -0.3 is 15.7 Å². The van der Waals surface area contributed by atoms with Crippen LogP contribution in [0.5, 0.6) is 0 Å². The molecule has 1 aliphatic heterocycles. The van der Waals surface area contributed by atoms with Gasteiger partial charge in [-0.15, -0.1) is 0 Å². The number of benzene rings is 3. The van der Waals surface area contributed by atoms with Crippen molar-refractivity contribution in [2.75, 3.05) is 18.4 Å². The second-order valence-corrected chi connectivity index (χ2v) is 8.69. The Hall–Kier alpha value is -3.62. The van der Waals surface area contributed by atoms with E-state index in [1.54, 1.807) is 6.92 Å². The van der Waals surface area contributed by atoms with E-state index >= 15 is 0 Å². The molecule has 0 saturated carbocycles. The Labute approximate surface area is 195 Å². The monoisotopic (exact) mass is 439 g/mol. The third-order valence-corrected chi connectivity index (χ3v) is 6.55. The summed E-state index contributed by atoms with van der Waals surface area (Å²) >= 11 is 0. The van der Waals surface area contributed by atoms with Crippen LogP contribution in [0.2, 0.25) is 0 Å². The molecule has 1 aliphatic rings. The van der Waals surface area contributed by atoms with Gasteiger partial charge >= 0.3 is 5.97 Å². The molecule has 3 atom stereocenters. The molecule has 0 bridgehead atoms. The van der Waals surface area contributed by atoms with Crippen LogP contribution in [-0.4, -0.2) is 24.2 Å². The fourth-order valence-corrected chi connectivity index (χ4v) is 4.64. The molecule has 0 amide bonds. The zero-order valence-electron chi connectivity index (χ0n) is 18.8. The number of nitriles is 1. The number of anilines is 1. The molecule has 4 rings (SSSR count). The van der Waals surface area contributed by atoms with Crippen LogP contribution in [0.15, 0.2) is 72.8 Å². The van der Waals surface area contributed by atoms with E-state index in [-0.39, 0.29) is 6.04 Å². The quantitative estimate of drug-likeness (QED) is 0.465. The van der Waals surface area contributed by atoms with Crippen molar-refractivity contribution in [1.29, 1.82) is 5.26 Å². The number of nitrogens with zero attached hydrogens (tertiary/aromatic N) is 1. The van der Waals surface area contributed by atoms with E-state index in [2.05, 4.69) is 47.0 Å². The second-order valence-electron chi connectivity index (χ2n) is 8.69. The van der Waals surface area contributed by atoms with Gasteiger partial charge in [-0.1, -0.05) is 60.7 Å². The molecule has 0 aromatic heterocycles. The Morgan fingerprint density at radius 3 is 2.64 bits per heavy atom. The maximum absolute atomic E-state index is 11.3. The maximum atomic E-state index is 11.3. The van der Waals surface area contributed by atoms with Crippen LogP contribution in [0, 0.1) is 17.2 Å². The van der Waals surface area contributed by atoms with E-state index in [0.29, 0.717) is 5.92 Å². The first-order valence-corrected chi connectivity index (χ1v) is 11.4. The minimum Gasteiger partial charge on any atom is -0.481 e. The second kappa shape index (κ2) is 10.3. The van der Waals surface area contributed by atoms with Gasteiger partial charge in [0, 0.05) is 18.3 Å². The summed E-state index contributed by atoms with van der Waals surface area (Å²) < 4.78 is 0. The number of carboxylic acid groups (broad SMARTS) is 1. The highest BCUT2D eigenvalue weighted by Gasteiger charge is 2.28. The number of hydrogen-bond donors (Lipinski definition) is 3. The minimum atomic E-state index is -0.809. The lowest BCUT2D eigenvalue weighted by Crippen LogP contribution is -2.37. The molecule has 3 aromatic carbocycles. The Morgan fingerprint density at radius 1 is 1.12 bits per heavy atom. The van der Waals surface area contributed by atoms with E-state index < -0.39 is 11.9 Å². The van der Waals surface area contributed by atoms with E-state index in [1.807, 2.05) is 42.5 Å². The molecule has 0 aliphatic carbocycles. The van der Waals surface area contributed by atoms with Crippen molar-refractivity contribution in [3.8, 4) is 6.07 Å². The molecule has 168 valence electrons. The molecule has 0 radical (unpaired) electrons. The molecule has 0 saturated heterocycles. The summed E-state index contributed by atoms with van der Waals surface area (Å²) in [6.07, 6.45) is 1.65. The third-order valence-electron chi connectivity index (χ3n) is 6.55. The van der Waals surface area contributed by atoms with Gasteiger partial charge in [0.05, 0.1) is 17.6 Å². The average molecular weight is 440 g/mol. The first-order chi connectivity index (χ1) is 16.1. The van der Waals surface area contributed by atoms with Crippen LogP contribution < -0.4 is 10.6 Å². The first-order valence-electron chi connectivity index (χ1n) is 11.4. The summed E-state index contributed by atoms with van der Waals surface area (Å²) in [5.41, 5.74) is 6.07. The minimum absolute atomic E-state index is 0.139. The number of fused-ring (bicyclic) bond motifs is 1. The van der Waals surface area contributed by atoms with Crippen LogP contribution in [0.3, 0.4) is 0 Å². The molecule has 0 unspecified atom stereocenters. The van der Waals surface area contributed by atoms with Gasteiger partial charge in [-0.3, -0.25) is 4.79 Å². The Balaban J connectivity index is 1.50. The number of hydrogen-bond acceptors (Lipinski definition) is 4. The highest BCUT2D eigenvalue weighted by atomic mass is 16.4. The summed E-state index contributed by atoms with van der Waals surface area (Å²) in [6, 6.07) is 26.6. The van der Waals surface area contributed by atoms with Gasteiger partial charge in [0.1, 0.15) is 0 Å². The number of carboxylic acids is 1. The smallest absolute Gasteiger partial charge is 0.310 e. The predicted octanol–water partition coefficient (Wildman–Crippen LogP) is 4.90. The largest absolute Gasteiger partial charge is 0.481 e. The zero-order chi connectivity index (χ0) is 23.2. The van der Waals surface area contributed by atoms with E-state index in [4.69, 9.17) is 0 Å². The standard InChI is InChI=1S/C28H29N3O2/c1-19(28(32)33)22-10-5-7-20(15-22)13-14-30-27(21-8-3-2-4-9-21)24-16-25-23(17-29)11-6-12-26(25)31-18-24/h2-12,15,19,24,27,30-31H,13-14,16,18H2,1H3,(H,32,33)/t19-,24+,27+/m0/s1. The molecule has 0 fully saturated rings. The van der Waals surface area contributed by atoms with Crippen molar-refractivity contribution in [2.24, 2.45) is 5.92 Å². The number of carbonyl (C=O) groups is 1. The summed E-state index contributed by atoms with van der Waals surface area (Å²) in [5, 5.41) is 26.2. The molecular weight excluding hydrogens is 410 g/mol. The van der Waals surface area contributed by atoms with Crippen LogP contribution >= 0.6 is 0 Å². The fraction of sp³-hybridized carbons (Fsp3) is 0.286. The lowest BCUT2D eigenvalue weighted by molar-refractivity contribution is -0.138. The van der Waals surface area contributed by atoms with Gasteiger partial charge in [0.15, 0.2) is 0 Å². The maximum Gasteiger partial charge on any atom is 0.310 e. The van der Waals surface area contributed by atoms with Crippen LogP contribution in [0.1, 0.15) is 46.7 Å². The zero-order valence-corrected chi connectivity index (χ0v) is 18.8. The number of rotatable bonds is 8. The lowest BCUT2D eigenvalue weighted by atomic mass is 9.83. The van der Waals surface area contributed by atoms with Crippen molar-refractivity contribution in [1.82, 2.24) is 5.32 Å². The molecular formula is C28H29N3O2. The van der Waals surface area contributed by atoms with Crippen LogP contribution in [0.4, 0.5) is 5.69 Å². The highest BCUT2D eigenvalue weighted by Crippen LogP contribution is 2.34. The molecule has 33 heavy (non-hydrogen) atoms. The molecule has 3 N–H and O–H groups in total.